The molecule has 155 valence electrons. The Balaban J connectivity index is 2.06. The number of amides is 1. The van der Waals surface area contributed by atoms with Crippen LogP contribution in [0.3, 0.4) is 0 Å². The molecule has 0 bridgehead atoms. The Labute approximate surface area is 175 Å². The van der Waals surface area contributed by atoms with Gasteiger partial charge in [0.15, 0.2) is 0 Å². The third kappa shape index (κ3) is 4.05. The van der Waals surface area contributed by atoms with Crippen LogP contribution in [0, 0.1) is 27.7 Å². The molecule has 0 N–H and O–H groups in total. The number of carbonyl (C=O) groups excluding carboxylic acids is 1. The number of benzene rings is 2. The number of carbonyl (C=O) groups is 1. The van der Waals surface area contributed by atoms with Gasteiger partial charge in [-0.25, -0.2) is 5.32 Å². The molecule has 0 saturated heterocycles. The van der Waals surface area contributed by atoms with E-state index in [4.69, 9.17) is 4.74 Å². The number of aryl methyl sites for hydroxylation is 1. The zero-order chi connectivity index (χ0) is 21.3. The average Bonchev–Trinajstić information content (AvgIpc) is 2.96. The van der Waals surface area contributed by atoms with Gasteiger partial charge in [-0.1, -0.05) is 49.6 Å². The van der Waals surface area contributed by atoms with E-state index < -0.39 is 0 Å². The van der Waals surface area contributed by atoms with Gasteiger partial charge >= 0.3 is 0 Å². The molecule has 1 aliphatic rings. The molecule has 1 unspecified atom stereocenters. The Bertz CT molecular complexity index is 910. The van der Waals surface area contributed by atoms with Gasteiger partial charge in [0, 0.05) is 12.0 Å². The fourth-order valence-corrected chi connectivity index (χ4v) is 4.48. The van der Waals surface area contributed by atoms with Crippen LogP contribution >= 0.6 is 0 Å². The third-order valence-electron chi connectivity index (χ3n) is 6.25. The minimum absolute atomic E-state index is 0.0194. The lowest BCUT2D eigenvalue weighted by Crippen LogP contribution is -2.31. The van der Waals surface area contributed by atoms with Crippen molar-refractivity contribution in [3.63, 3.8) is 0 Å². The maximum Gasteiger partial charge on any atom is 0.246 e. The van der Waals surface area contributed by atoms with Gasteiger partial charge in [-0.3, -0.25) is 4.79 Å². The number of unbranched alkanes of at least 4 members (excludes halogenated alkanes) is 2. The molecule has 3 nitrogen and oxygen atoms in total. The molecule has 3 heteroatoms. The van der Waals surface area contributed by atoms with E-state index in [1.54, 1.807) is 0 Å². The van der Waals surface area contributed by atoms with E-state index in [-0.39, 0.29) is 17.4 Å². The van der Waals surface area contributed by atoms with E-state index in [9.17, 15) is 4.79 Å². The molecule has 1 atom stereocenters. The lowest BCUT2D eigenvalue weighted by molar-refractivity contribution is -0.120. The predicted octanol–water partition coefficient (Wildman–Crippen LogP) is 6.57. The summed E-state index contributed by atoms with van der Waals surface area (Å²) in [6, 6.07) is 8.70. The quantitative estimate of drug-likeness (QED) is 0.522. The molecule has 1 heterocycles. The van der Waals surface area contributed by atoms with Gasteiger partial charge in [-0.15, -0.1) is 0 Å². The van der Waals surface area contributed by atoms with Crippen molar-refractivity contribution in [3.8, 4) is 5.75 Å². The second-order valence-corrected chi connectivity index (χ2v) is 8.98. The van der Waals surface area contributed by atoms with Crippen LogP contribution in [-0.2, 0) is 4.79 Å². The number of nitrogens with zero attached hydrogens (tertiary/aromatic N) is 1. The molecule has 0 aliphatic carbocycles. The average molecular weight is 393 g/mol. The maximum absolute atomic E-state index is 12.5. The number of rotatable bonds is 6. The van der Waals surface area contributed by atoms with Crippen molar-refractivity contribution in [2.45, 2.75) is 85.7 Å². The van der Waals surface area contributed by atoms with Crippen molar-refractivity contribution in [1.82, 2.24) is 5.32 Å². The Kier molecular flexibility index (Phi) is 6.07. The van der Waals surface area contributed by atoms with Crippen molar-refractivity contribution in [3.05, 3.63) is 57.6 Å². The van der Waals surface area contributed by atoms with E-state index >= 15 is 0 Å². The molecule has 0 aromatic heterocycles. The SMILES string of the molecule is CCCCCC(=O)[N]c1c(C)c(C)c2c(c1C)C(c1ccc(C)cc1)C(C)(C)O2. The van der Waals surface area contributed by atoms with Crippen LogP contribution in [0.25, 0.3) is 0 Å². The van der Waals surface area contributed by atoms with Gasteiger partial charge in [0.1, 0.15) is 11.4 Å². The van der Waals surface area contributed by atoms with Gasteiger partial charge < -0.3 is 4.74 Å². The van der Waals surface area contributed by atoms with Crippen LogP contribution in [0.5, 0.6) is 5.75 Å². The smallest absolute Gasteiger partial charge is 0.246 e. The molecule has 0 spiro atoms. The van der Waals surface area contributed by atoms with E-state index in [1.807, 2.05) is 0 Å². The second kappa shape index (κ2) is 8.22. The van der Waals surface area contributed by atoms with E-state index in [1.165, 1.54) is 16.7 Å². The zero-order valence-corrected chi connectivity index (χ0v) is 19.0. The van der Waals surface area contributed by atoms with Gasteiger partial charge in [0.25, 0.3) is 0 Å². The van der Waals surface area contributed by atoms with E-state index in [2.05, 4.69) is 78.0 Å². The predicted molar refractivity (Wildman–Crippen MR) is 119 cm³/mol. The molecule has 0 fully saturated rings. The van der Waals surface area contributed by atoms with Gasteiger partial charge in [-0.2, -0.15) is 0 Å². The first-order valence-corrected chi connectivity index (χ1v) is 10.8. The first-order chi connectivity index (χ1) is 13.7. The van der Waals surface area contributed by atoms with Crippen LogP contribution in [0.15, 0.2) is 24.3 Å². The van der Waals surface area contributed by atoms with Gasteiger partial charge in [-0.05, 0) is 70.2 Å². The molecule has 1 radical (unpaired) electrons. The molecule has 2 aromatic rings. The van der Waals surface area contributed by atoms with Crippen LogP contribution in [-0.4, -0.2) is 11.5 Å². The molecular weight excluding hydrogens is 358 g/mol. The molecule has 29 heavy (non-hydrogen) atoms. The third-order valence-corrected chi connectivity index (χ3v) is 6.25. The Morgan fingerprint density at radius 2 is 1.66 bits per heavy atom. The summed E-state index contributed by atoms with van der Waals surface area (Å²) >= 11 is 0. The van der Waals surface area contributed by atoms with Gasteiger partial charge in [0.05, 0.1) is 11.6 Å². The van der Waals surface area contributed by atoms with E-state index in [0.717, 1.165) is 47.4 Å². The molecule has 3 rings (SSSR count). The highest BCUT2D eigenvalue weighted by atomic mass is 16.5. The summed E-state index contributed by atoms with van der Waals surface area (Å²) in [6.07, 6.45) is 3.60. The van der Waals surface area contributed by atoms with Crippen molar-refractivity contribution in [2.75, 3.05) is 0 Å². The number of hydrogen-bond acceptors (Lipinski definition) is 2. The highest BCUT2D eigenvalue weighted by Crippen LogP contribution is 2.53. The Morgan fingerprint density at radius 3 is 2.28 bits per heavy atom. The van der Waals surface area contributed by atoms with Crippen molar-refractivity contribution >= 4 is 11.6 Å². The summed E-state index contributed by atoms with van der Waals surface area (Å²) in [5.74, 6) is 1.06. The van der Waals surface area contributed by atoms with Crippen molar-refractivity contribution in [1.29, 1.82) is 0 Å². The lowest BCUT2D eigenvalue weighted by atomic mass is 9.78. The minimum Gasteiger partial charge on any atom is -0.486 e. The number of fused-ring (bicyclic) bond motifs is 1. The number of hydrogen-bond donors (Lipinski definition) is 0. The zero-order valence-electron chi connectivity index (χ0n) is 19.0. The summed E-state index contributed by atoms with van der Waals surface area (Å²) in [6.45, 7) is 14.8. The molecule has 0 saturated carbocycles. The monoisotopic (exact) mass is 392 g/mol. The summed E-state index contributed by atoms with van der Waals surface area (Å²) < 4.78 is 6.50. The highest BCUT2D eigenvalue weighted by molar-refractivity contribution is 5.84. The second-order valence-electron chi connectivity index (χ2n) is 8.98. The fourth-order valence-electron chi connectivity index (χ4n) is 4.48. The molecule has 1 aliphatic heterocycles. The van der Waals surface area contributed by atoms with Gasteiger partial charge in [0.2, 0.25) is 5.91 Å². The van der Waals surface area contributed by atoms with Crippen molar-refractivity contribution in [2.24, 2.45) is 0 Å². The fraction of sp³-hybridized carbons (Fsp3) is 0.500. The first kappa shape index (κ1) is 21.4. The summed E-state index contributed by atoms with van der Waals surface area (Å²) in [5.41, 5.74) is 7.36. The highest BCUT2D eigenvalue weighted by Gasteiger charge is 2.45. The van der Waals surface area contributed by atoms with Crippen molar-refractivity contribution < 1.29 is 9.53 Å². The van der Waals surface area contributed by atoms with Crippen LogP contribution < -0.4 is 10.1 Å². The lowest BCUT2D eigenvalue weighted by Gasteiger charge is -2.27. The Morgan fingerprint density at radius 1 is 1.00 bits per heavy atom. The summed E-state index contributed by atoms with van der Waals surface area (Å²) in [4.78, 5) is 12.5. The van der Waals surface area contributed by atoms with Crippen LogP contribution in [0.4, 0.5) is 5.69 Å². The minimum atomic E-state index is -0.358. The molecule has 2 aromatic carbocycles. The topological polar surface area (TPSA) is 40.4 Å². The summed E-state index contributed by atoms with van der Waals surface area (Å²) in [5, 5.41) is 4.56. The molecule has 1 amide bonds. The van der Waals surface area contributed by atoms with Crippen LogP contribution in [0.1, 0.15) is 85.8 Å². The maximum atomic E-state index is 12.5. The largest absolute Gasteiger partial charge is 0.486 e. The van der Waals surface area contributed by atoms with Crippen LogP contribution in [0.2, 0.25) is 0 Å². The Hall–Kier alpha value is -2.29. The standard InChI is InChI=1S/C26H34NO2/c1-8-9-10-11-21(28)27-24-17(3)18(4)25-22(19(24)5)23(26(6,7)29-25)20-14-12-16(2)13-15-20/h12-15,23H,8-11H2,1-7H3. The first-order valence-electron chi connectivity index (χ1n) is 10.8. The molecular formula is C26H34NO2. The number of ether oxygens (including phenoxy) is 1. The summed E-state index contributed by atoms with van der Waals surface area (Å²) in [7, 11) is 0. The normalized spacial score (nSPS) is 17.0. The van der Waals surface area contributed by atoms with E-state index in [0.29, 0.717) is 6.42 Å².